The van der Waals surface area contributed by atoms with Crippen molar-refractivity contribution in [1.29, 1.82) is 0 Å². The number of ketones is 1. The molecule has 0 atom stereocenters. The van der Waals surface area contributed by atoms with Gasteiger partial charge in [0.25, 0.3) is 0 Å². The van der Waals surface area contributed by atoms with Gasteiger partial charge in [0.05, 0.1) is 0 Å². The fourth-order valence-corrected chi connectivity index (χ4v) is 2.84. The van der Waals surface area contributed by atoms with E-state index in [0.717, 1.165) is 0 Å². The summed E-state index contributed by atoms with van der Waals surface area (Å²) in [6, 6.07) is 0. The maximum atomic E-state index is 11.4. The minimum absolute atomic E-state index is 0.0347. The highest BCUT2D eigenvalue weighted by Gasteiger charge is 2.38. The van der Waals surface area contributed by atoms with Gasteiger partial charge in [0.1, 0.15) is 6.97 Å². The third-order valence-electron chi connectivity index (χ3n) is 1.25. The largest absolute Gasteiger partial charge is 0.295 e. The number of Topliss-reactive ketones (excluding diaryl/α,β-unsaturated/α-hetero) is 1. The highest BCUT2D eigenvalue weighted by Crippen LogP contribution is 2.38. The molecule has 0 N–H and O–H groups in total. The van der Waals surface area contributed by atoms with Crippen LogP contribution in [0.4, 0.5) is 0 Å². The topological polar surface area (TPSA) is 17.1 Å². The average Bonchev–Trinajstić information content (AvgIpc) is 1.85. The Morgan fingerprint density at radius 3 is 1.73 bits per heavy atom. The lowest BCUT2D eigenvalue weighted by Gasteiger charge is -2.23. The Balaban J connectivity index is 4.43. The second kappa shape index (κ2) is 4.72. The van der Waals surface area contributed by atoms with Gasteiger partial charge in [-0.3, -0.25) is 4.79 Å². The van der Waals surface area contributed by atoms with Crippen molar-refractivity contribution < 1.29 is 4.79 Å². The summed E-state index contributed by atoms with van der Waals surface area (Å²) in [6.45, 7) is 3.92. The van der Waals surface area contributed by atoms with Crippen LogP contribution in [0, 0.1) is 5.92 Å². The first kappa shape index (κ1) is 12.6. The van der Waals surface area contributed by atoms with Gasteiger partial charge in [0.15, 0.2) is 5.78 Å². The van der Waals surface area contributed by atoms with E-state index in [2.05, 4.69) is 63.7 Å². The second-order valence-electron chi connectivity index (χ2n) is 2.44. The summed E-state index contributed by atoms with van der Waals surface area (Å²) in [5.74, 6) is 0.236. The summed E-state index contributed by atoms with van der Waals surface area (Å²) >= 11 is 12.9. The third-order valence-corrected chi connectivity index (χ3v) is 4.70. The Morgan fingerprint density at radius 1 is 1.27 bits per heavy atom. The molecular weight excluding hydrogens is 408 g/mol. The zero-order chi connectivity index (χ0) is 9.23. The Hall–Kier alpha value is 1.59. The average molecular weight is 416 g/mol. The number of alkyl halides is 4. The minimum atomic E-state index is -0.627. The molecule has 0 spiro atoms. The van der Waals surface area contributed by atoms with Crippen molar-refractivity contribution in [3.05, 3.63) is 0 Å². The van der Waals surface area contributed by atoms with E-state index in [9.17, 15) is 4.79 Å². The van der Waals surface area contributed by atoms with E-state index >= 15 is 0 Å². The van der Waals surface area contributed by atoms with Crippen molar-refractivity contribution in [2.24, 2.45) is 5.92 Å². The number of carbonyl (C=O) groups is 1. The van der Waals surface area contributed by atoms with Crippen LogP contribution in [0.2, 0.25) is 0 Å². The van der Waals surface area contributed by atoms with Gasteiger partial charge in [-0.25, -0.2) is 0 Å². The number of halogens is 4. The summed E-state index contributed by atoms with van der Waals surface area (Å²) in [7, 11) is 0. The van der Waals surface area contributed by atoms with Gasteiger partial charge >= 0.3 is 0 Å². The molecule has 0 amide bonds. The van der Waals surface area contributed by atoms with Crippen molar-refractivity contribution in [2.45, 2.75) is 20.8 Å². The van der Waals surface area contributed by atoms with E-state index < -0.39 is 3.23 Å². The van der Waals surface area contributed by atoms with E-state index in [-0.39, 0.29) is 15.4 Å². The third kappa shape index (κ3) is 3.44. The number of rotatable bonds is 3. The van der Waals surface area contributed by atoms with Crippen molar-refractivity contribution in [1.82, 2.24) is 0 Å². The fraction of sp³-hybridized carbons (Fsp3) is 0.833. The van der Waals surface area contributed by atoms with E-state index in [1.165, 1.54) is 0 Å². The van der Waals surface area contributed by atoms with E-state index in [1.54, 1.807) is 0 Å². The zero-order valence-electron chi connectivity index (χ0n) is 6.07. The lowest BCUT2D eigenvalue weighted by atomic mass is 10.1. The second-order valence-corrected chi connectivity index (χ2v) is 9.07. The van der Waals surface area contributed by atoms with Gasteiger partial charge < -0.3 is 0 Å². The first-order valence-corrected chi connectivity index (χ1v) is 6.42. The van der Waals surface area contributed by atoms with Crippen LogP contribution in [0.3, 0.4) is 0 Å². The lowest BCUT2D eigenvalue weighted by Crippen LogP contribution is -2.34. The molecule has 0 saturated carbocycles. The SMILES string of the molecule is CC(C)C(Br)(Br)C(=O)C(Br)Br. The molecule has 0 heterocycles. The predicted octanol–water partition coefficient (Wildman–Crippen LogP) is 3.81. The van der Waals surface area contributed by atoms with Crippen LogP contribution < -0.4 is 0 Å². The molecule has 1 nitrogen and oxygen atoms in total. The molecule has 0 rings (SSSR count). The summed E-state index contributed by atoms with van der Waals surface area (Å²) < 4.78 is -0.936. The standard InChI is InChI=1S/C6H8Br4O/c1-3(2)6(9,10)4(11)5(7)8/h3,5H,1-2H3. The quantitative estimate of drug-likeness (QED) is 0.641. The highest BCUT2D eigenvalue weighted by atomic mass is 79.9. The molecule has 0 saturated heterocycles. The van der Waals surface area contributed by atoms with E-state index in [0.29, 0.717) is 0 Å². The maximum absolute atomic E-state index is 11.4. The fourth-order valence-electron chi connectivity index (χ4n) is 0.430. The number of hydrogen-bond acceptors (Lipinski definition) is 1. The van der Waals surface area contributed by atoms with Crippen LogP contribution in [0.5, 0.6) is 0 Å². The summed E-state index contributed by atoms with van der Waals surface area (Å²) in [5.41, 5.74) is 0. The molecule has 66 valence electrons. The molecule has 0 aromatic rings. The minimum Gasteiger partial charge on any atom is -0.295 e. The molecule has 0 aromatic heterocycles. The Bertz CT molecular complexity index is 153. The molecule has 0 unspecified atom stereocenters. The van der Waals surface area contributed by atoms with Crippen LogP contribution in [-0.4, -0.2) is 12.8 Å². The molecule has 0 fully saturated rings. The molecule has 0 radical (unpaired) electrons. The summed E-state index contributed by atoms with van der Waals surface area (Å²) in [5, 5.41) is 0. The van der Waals surface area contributed by atoms with Crippen molar-refractivity contribution in [3.63, 3.8) is 0 Å². The molecule has 0 bridgehead atoms. The summed E-state index contributed by atoms with van der Waals surface area (Å²) in [6.07, 6.45) is 0. The normalized spacial score (nSPS) is 12.7. The predicted molar refractivity (Wildman–Crippen MR) is 62.1 cm³/mol. The highest BCUT2D eigenvalue weighted by molar-refractivity contribution is 9.27. The van der Waals surface area contributed by atoms with Crippen LogP contribution in [0.25, 0.3) is 0 Å². The lowest BCUT2D eigenvalue weighted by molar-refractivity contribution is -0.117. The maximum Gasteiger partial charge on any atom is 0.184 e. The summed E-state index contributed by atoms with van der Waals surface area (Å²) in [4.78, 5) is 11.4. The van der Waals surface area contributed by atoms with Gasteiger partial charge in [0, 0.05) is 0 Å². The Kier molecular flexibility index (Phi) is 5.41. The number of hydrogen-bond donors (Lipinski definition) is 0. The van der Waals surface area contributed by atoms with E-state index in [4.69, 9.17) is 0 Å². The van der Waals surface area contributed by atoms with Gasteiger partial charge in [0.2, 0.25) is 0 Å². The van der Waals surface area contributed by atoms with Crippen LogP contribution in [0.15, 0.2) is 0 Å². The van der Waals surface area contributed by atoms with Crippen molar-refractivity contribution in [2.75, 3.05) is 0 Å². The first-order chi connectivity index (χ1) is 4.80. The molecule has 5 heteroatoms. The Labute approximate surface area is 100 Å². The van der Waals surface area contributed by atoms with E-state index in [1.807, 2.05) is 13.8 Å². The molecule has 0 aliphatic rings. The van der Waals surface area contributed by atoms with Crippen LogP contribution >= 0.6 is 63.7 Å². The van der Waals surface area contributed by atoms with Gasteiger partial charge in [-0.15, -0.1) is 0 Å². The van der Waals surface area contributed by atoms with Gasteiger partial charge in [-0.05, 0) is 5.92 Å². The zero-order valence-corrected chi connectivity index (χ0v) is 12.4. The molecular formula is C6H8Br4O. The van der Waals surface area contributed by atoms with Crippen LogP contribution in [-0.2, 0) is 4.79 Å². The first-order valence-electron chi connectivity index (χ1n) is 3.00. The smallest absolute Gasteiger partial charge is 0.184 e. The monoisotopic (exact) mass is 412 g/mol. The van der Waals surface area contributed by atoms with Crippen molar-refractivity contribution in [3.8, 4) is 0 Å². The van der Waals surface area contributed by atoms with Gasteiger partial charge in [-0.2, -0.15) is 0 Å². The molecule has 0 aliphatic carbocycles. The van der Waals surface area contributed by atoms with Crippen LogP contribution in [0.1, 0.15) is 13.8 Å². The van der Waals surface area contributed by atoms with Gasteiger partial charge in [-0.1, -0.05) is 77.6 Å². The molecule has 0 aliphatic heterocycles. The van der Waals surface area contributed by atoms with Crippen molar-refractivity contribution >= 4 is 69.5 Å². The Morgan fingerprint density at radius 2 is 1.64 bits per heavy atom. The number of carbonyl (C=O) groups excluding carboxylic acids is 1. The molecule has 11 heavy (non-hydrogen) atoms. The molecule has 0 aromatic carbocycles.